The number of aromatic amines is 1. The topological polar surface area (TPSA) is 118 Å². The highest BCUT2D eigenvalue weighted by molar-refractivity contribution is 6.32. The fourth-order valence-corrected chi connectivity index (χ4v) is 7.23. The van der Waals surface area contributed by atoms with Gasteiger partial charge >= 0.3 is 5.97 Å². The summed E-state index contributed by atoms with van der Waals surface area (Å²) in [5, 5.41) is 3.84. The van der Waals surface area contributed by atoms with Gasteiger partial charge in [-0.05, 0) is 113 Å². The van der Waals surface area contributed by atoms with Crippen molar-refractivity contribution < 1.29 is 9.53 Å². The zero-order valence-electron chi connectivity index (χ0n) is 28.1. The number of esters is 1. The van der Waals surface area contributed by atoms with Crippen molar-refractivity contribution in [3.05, 3.63) is 203 Å². The van der Waals surface area contributed by atoms with Crippen LogP contribution in [0.4, 0.5) is 0 Å². The van der Waals surface area contributed by atoms with E-state index in [4.69, 9.17) is 14.7 Å². The van der Waals surface area contributed by atoms with Gasteiger partial charge in [0.05, 0.1) is 47.5 Å². The number of pyridine rings is 3. The zero-order chi connectivity index (χ0) is 35.0. The predicted octanol–water partition coefficient (Wildman–Crippen LogP) is 7.26. The molecule has 1 aromatic carbocycles. The van der Waals surface area contributed by atoms with Gasteiger partial charge in [0.2, 0.25) is 0 Å². The maximum atomic E-state index is 12.3. The van der Waals surface area contributed by atoms with Gasteiger partial charge in [-0.15, -0.1) is 0 Å². The van der Waals surface area contributed by atoms with E-state index < -0.39 is 0 Å². The van der Waals surface area contributed by atoms with Crippen LogP contribution in [0, 0.1) is 0 Å². The summed E-state index contributed by atoms with van der Waals surface area (Å²) in [4.78, 5) is 39.6. The SMILES string of the molecule is COC(=O)c1ccc(/C2=C3\C=CC(N3)C(c3ccncc3)C3=N/C(=C(/c4ccncc4)c4ccc([nH]4)/C(c4ccncc4)=C4/C=CC2=N4)C=C3)cc1. The minimum Gasteiger partial charge on any atom is -0.465 e. The van der Waals surface area contributed by atoms with Gasteiger partial charge in [-0.2, -0.15) is 0 Å². The van der Waals surface area contributed by atoms with Crippen LogP contribution < -0.4 is 5.32 Å². The molecule has 0 aliphatic carbocycles. The van der Waals surface area contributed by atoms with Gasteiger partial charge in [0.1, 0.15) is 0 Å². The minimum absolute atomic E-state index is 0.131. The Morgan fingerprint density at radius 3 is 1.83 bits per heavy atom. The Hall–Kier alpha value is -7.00. The highest BCUT2D eigenvalue weighted by Gasteiger charge is 2.32. The van der Waals surface area contributed by atoms with Gasteiger partial charge in [0, 0.05) is 71.0 Å². The number of aliphatic imine (C=N–C) groups is 2. The molecule has 9 heteroatoms. The number of rotatable bonds is 5. The fourth-order valence-electron chi connectivity index (χ4n) is 7.23. The fraction of sp³-hybridized carbons (Fsp3) is 0.0698. The van der Waals surface area contributed by atoms with Gasteiger partial charge < -0.3 is 15.0 Å². The highest BCUT2D eigenvalue weighted by atomic mass is 16.5. The van der Waals surface area contributed by atoms with Crippen molar-refractivity contribution in [3.8, 4) is 0 Å². The number of H-pyrrole nitrogens is 1. The van der Waals surface area contributed by atoms with Crippen LogP contribution in [-0.2, 0) is 4.74 Å². The maximum absolute atomic E-state index is 12.3. The van der Waals surface area contributed by atoms with Gasteiger partial charge in [-0.3, -0.25) is 19.9 Å². The molecule has 0 amide bonds. The van der Waals surface area contributed by atoms with Crippen molar-refractivity contribution in [2.45, 2.75) is 12.0 Å². The van der Waals surface area contributed by atoms with Crippen molar-refractivity contribution in [1.82, 2.24) is 25.3 Å². The molecule has 52 heavy (non-hydrogen) atoms. The third-order valence-corrected chi connectivity index (χ3v) is 9.63. The van der Waals surface area contributed by atoms with E-state index >= 15 is 0 Å². The molecule has 0 saturated carbocycles. The molecule has 0 saturated heterocycles. The maximum Gasteiger partial charge on any atom is 0.337 e. The number of benzene rings is 1. The smallest absolute Gasteiger partial charge is 0.337 e. The first-order valence-electron chi connectivity index (χ1n) is 17.0. The van der Waals surface area contributed by atoms with Crippen molar-refractivity contribution in [2.75, 3.05) is 7.11 Å². The first kappa shape index (κ1) is 31.0. The van der Waals surface area contributed by atoms with E-state index in [1.807, 2.05) is 60.9 Å². The molecule has 0 radical (unpaired) electrons. The molecular weight excluding hydrogens is 647 g/mol. The van der Waals surface area contributed by atoms with E-state index in [1.165, 1.54) is 7.11 Å². The van der Waals surface area contributed by atoms with Crippen LogP contribution in [-0.4, -0.2) is 50.5 Å². The van der Waals surface area contributed by atoms with Crippen LogP contribution in [0.2, 0.25) is 0 Å². The monoisotopic (exact) mass is 677 g/mol. The Balaban J connectivity index is 1.30. The van der Waals surface area contributed by atoms with Crippen LogP contribution in [0.5, 0.6) is 0 Å². The van der Waals surface area contributed by atoms with Crippen molar-refractivity contribution in [1.29, 1.82) is 0 Å². The molecule has 9 nitrogen and oxygen atoms in total. The lowest BCUT2D eigenvalue weighted by atomic mass is 9.88. The lowest BCUT2D eigenvalue weighted by Crippen LogP contribution is -2.33. The molecule has 2 atom stereocenters. The summed E-state index contributed by atoms with van der Waals surface area (Å²) in [6.07, 6.45) is 23.5. The average Bonchev–Trinajstić information content (AvgIpc) is 4.04. The molecule has 4 aromatic heterocycles. The normalized spacial score (nSPS) is 23.0. The number of hydrogen-bond acceptors (Lipinski definition) is 8. The van der Waals surface area contributed by atoms with Gasteiger partial charge in [0.15, 0.2) is 0 Å². The van der Waals surface area contributed by atoms with Gasteiger partial charge in [-0.1, -0.05) is 18.2 Å². The number of methoxy groups -OCH3 is 1. The zero-order valence-corrected chi connectivity index (χ0v) is 28.1. The Bertz CT molecular complexity index is 2470. The van der Waals surface area contributed by atoms with Crippen LogP contribution >= 0.6 is 0 Å². The Labute approximate surface area is 300 Å². The number of ether oxygens (including phenoxy) is 1. The molecule has 0 fully saturated rings. The summed E-state index contributed by atoms with van der Waals surface area (Å²) in [6, 6.07) is 23.6. The molecule has 4 aliphatic heterocycles. The Morgan fingerprint density at radius 1 is 0.615 bits per heavy atom. The molecule has 250 valence electrons. The van der Waals surface area contributed by atoms with Crippen molar-refractivity contribution in [2.24, 2.45) is 9.98 Å². The first-order valence-corrected chi connectivity index (χ1v) is 17.0. The number of aromatic nitrogens is 4. The molecule has 0 spiro atoms. The molecule has 4 aliphatic rings. The molecule has 5 aromatic rings. The molecule has 2 N–H and O–H groups in total. The van der Waals surface area contributed by atoms with Gasteiger partial charge in [-0.25, -0.2) is 9.79 Å². The van der Waals surface area contributed by atoms with Crippen LogP contribution in [0.1, 0.15) is 49.9 Å². The van der Waals surface area contributed by atoms with Crippen LogP contribution in [0.25, 0.3) is 16.7 Å². The van der Waals surface area contributed by atoms with E-state index in [9.17, 15) is 4.79 Å². The standard InChI is InChI=1S/C43H31N7O2/c1-52-43(51)30-4-2-26(3-5-30)39-31-6-8-33(47-31)40(27-14-20-44-21-15-27)35-10-12-37(49-35)42(29-18-24-46-25-19-29)38-13-11-36(50-38)41(28-16-22-45-23-17-28)34-9-7-32(39)48-34/h2-25,33,40,47,50H,1H3/b39-31-,41-34-,42-37-. The molecule has 8 heterocycles. The van der Waals surface area contributed by atoms with Crippen LogP contribution in [0.3, 0.4) is 0 Å². The Morgan fingerprint density at radius 2 is 1.19 bits per heavy atom. The molecule has 8 bridgehead atoms. The summed E-state index contributed by atoms with van der Waals surface area (Å²) in [6.45, 7) is 0. The summed E-state index contributed by atoms with van der Waals surface area (Å²) >= 11 is 0. The summed E-state index contributed by atoms with van der Waals surface area (Å²) in [5.41, 5.74) is 13.4. The van der Waals surface area contributed by atoms with Crippen LogP contribution in [0.15, 0.2) is 174 Å². The number of nitrogens with zero attached hydrogens (tertiary/aromatic N) is 5. The second kappa shape index (κ2) is 13.0. The second-order valence-corrected chi connectivity index (χ2v) is 12.6. The predicted molar refractivity (Wildman–Crippen MR) is 202 cm³/mol. The summed E-state index contributed by atoms with van der Waals surface area (Å²) in [5.74, 6) is -0.517. The van der Waals surface area contributed by atoms with Crippen molar-refractivity contribution >= 4 is 34.1 Å². The number of carbonyl (C=O) groups excluding carboxylic acids is 1. The lowest BCUT2D eigenvalue weighted by Gasteiger charge is -2.24. The molecule has 9 rings (SSSR count). The van der Waals surface area contributed by atoms with E-state index in [2.05, 4.69) is 73.8 Å². The minimum atomic E-state index is -0.386. The van der Waals surface area contributed by atoms with E-state index in [0.29, 0.717) is 5.56 Å². The summed E-state index contributed by atoms with van der Waals surface area (Å²) < 4.78 is 4.98. The number of carbonyl (C=O) groups is 1. The summed E-state index contributed by atoms with van der Waals surface area (Å²) in [7, 11) is 1.39. The Kier molecular flexibility index (Phi) is 7.77. The van der Waals surface area contributed by atoms with E-state index in [-0.39, 0.29) is 17.9 Å². The lowest BCUT2D eigenvalue weighted by molar-refractivity contribution is 0.0600. The average molecular weight is 678 g/mol. The third kappa shape index (κ3) is 5.54. The first-order chi connectivity index (χ1) is 25.6. The number of nitrogens with one attached hydrogen (secondary N) is 2. The highest BCUT2D eigenvalue weighted by Crippen LogP contribution is 2.39. The van der Waals surface area contributed by atoms with E-state index in [0.717, 1.165) is 78.9 Å². The number of hydrogen-bond donors (Lipinski definition) is 2. The van der Waals surface area contributed by atoms with E-state index in [1.54, 1.807) is 36.9 Å². The number of fused-ring (bicyclic) bond motifs is 6. The molecular formula is C43H31N7O2. The third-order valence-electron chi connectivity index (χ3n) is 9.63. The van der Waals surface area contributed by atoms with Gasteiger partial charge in [0.25, 0.3) is 0 Å². The second-order valence-electron chi connectivity index (χ2n) is 12.6. The quantitative estimate of drug-likeness (QED) is 0.189. The number of allylic oxidation sites excluding steroid dienone is 6. The molecule has 2 unspecified atom stereocenters. The largest absolute Gasteiger partial charge is 0.465 e. The van der Waals surface area contributed by atoms with Crippen molar-refractivity contribution in [3.63, 3.8) is 0 Å².